The van der Waals surface area contributed by atoms with Gasteiger partial charge in [-0.25, -0.2) is 4.79 Å². The van der Waals surface area contributed by atoms with E-state index in [-0.39, 0.29) is 16.9 Å². The molecule has 0 fully saturated rings. The number of fused-ring (bicyclic) bond motifs is 1. The van der Waals surface area contributed by atoms with Crippen LogP contribution in [0, 0.1) is 0 Å². The molecule has 0 aliphatic carbocycles. The lowest BCUT2D eigenvalue weighted by Crippen LogP contribution is -2.29. The molecule has 0 radical (unpaired) electrons. The Bertz CT molecular complexity index is 1720. The van der Waals surface area contributed by atoms with E-state index >= 15 is 0 Å². The summed E-state index contributed by atoms with van der Waals surface area (Å²) in [6.45, 7) is 7.70. The minimum atomic E-state index is -0.426. The number of aromatic nitrogens is 2. The number of aromatic amines is 1. The number of rotatable bonds is 5. The molecule has 2 aromatic carbocycles. The Morgan fingerprint density at radius 3 is 2.34 bits per heavy atom. The molecule has 9 heteroatoms. The van der Waals surface area contributed by atoms with E-state index in [2.05, 4.69) is 58.7 Å². The number of nitrogens with zero attached hydrogens (tertiary/aromatic N) is 2. The molecule has 0 atom stereocenters. The van der Waals surface area contributed by atoms with Crippen LogP contribution in [-0.4, -0.2) is 41.6 Å². The van der Waals surface area contributed by atoms with Gasteiger partial charge in [-0.1, -0.05) is 57.2 Å². The Morgan fingerprint density at radius 2 is 1.68 bits per heavy atom. The summed E-state index contributed by atoms with van der Waals surface area (Å²) in [7, 11) is 3.41. The van der Waals surface area contributed by atoms with Crippen LogP contribution in [0.2, 0.25) is 0 Å². The van der Waals surface area contributed by atoms with Crippen molar-refractivity contribution in [1.29, 1.82) is 0 Å². The summed E-state index contributed by atoms with van der Waals surface area (Å²) in [5.74, 6) is -0.272. The van der Waals surface area contributed by atoms with E-state index in [0.29, 0.717) is 23.6 Å². The summed E-state index contributed by atoms with van der Waals surface area (Å²) >= 11 is 0. The van der Waals surface area contributed by atoms with Gasteiger partial charge in [0.05, 0.1) is 11.4 Å². The van der Waals surface area contributed by atoms with Crippen molar-refractivity contribution in [2.24, 2.45) is 7.05 Å². The van der Waals surface area contributed by atoms with Crippen molar-refractivity contribution in [3.8, 4) is 0 Å². The topological polar surface area (TPSA) is 111 Å². The summed E-state index contributed by atoms with van der Waals surface area (Å²) in [4.78, 5) is 42.5. The number of pyridine rings is 1. The van der Waals surface area contributed by atoms with E-state index < -0.39 is 6.03 Å². The van der Waals surface area contributed by atoms with Crippen molar-refractivity contribution in [3.05, 3.63) is 94.2 Å². The fourth-order valence-electron chi connectivity index (χ4n) is 5.55. The number of hydrogen-bond donors (Lipinski definition) is 4. The highest BCUT2D eigenvalue weighted by Gasteiger charge is 2.26. The van der Waals surface area contributed by atoms with Crippen molar-refractivity contribution >= 4 is 45.3 Å². The molecule has 0 unspecified atom stereocenters. The first kappa shape index (κ1) is 27.8. The molecule has 41 heavy (non-hydrogen) atoms. The second-order valence-corrected chi connectivity index (χ2v) is 11.3. The molecule has 4 aromatic rings. The van der Waals surface area contributed by atoms with Gasteiger partial charge in [0, 0.05) is 61.6 Å². The van der Waals surface area contributed by atoms with E-state index in [1.807, 2.05) is 54.1 Å². The molecule has 9 nitrogen and oxygen atoms in total. The predicted molar refractivity (Wildman–Crippen MR) is 166 cm³/mol. The van der Waals surface area contributed by atoms with Crippen LogP contribution in [-0.2, 0) is 12.5 Å². The molecule has 0 saturated heterocycles. The number of carbonyl (C=O) groups excluding carboxylic acids is 2. The molecule has 4 N–H and O–H groups in total. The molecule has 0 saturated carbocycles. The maximum atomic E-state index is 13.2. The molecule has 0 spiro atoms. The second-order valence-electron chi connectivity index (χ2n) is 11.3. The predicted octanol–water partition coefficient (Wildman–Crippen LogP) is 5.46. The van der Waals surface area contributed by atoms with Gasteiger partial charge in [-0.05, 0) is 41.1 Å². The third-order valence-electron chi connectivity index (χ3n) is 7.54. The van der Waals surface area contributed by atoms with Crippen LogP contribution in [0.5, 0.6) is 0 Å². The summed E-state index contributed by atoms with van der Waals surface area (Å²) in [6.07, 6.45) is 4.71. The molecule has 3 heterocycles. The number of hydrogen-bond acceptors (Lipinski definition) is 4. The number of urea groups is 1. The highest BCUT2D eigenvalue weighted by Crippen LogP contribution is 2.35. The van der Waals surface area contributed by atoms with Gasteiger partial charge in [0.2, 0.25) is 5.56 Å². The Kier molecular flexibility index (Phi) is 7.45. The van der Waals surface area contributed by atoms with Gasteiger partial charge >= 0.3 is 6.03 Å². The van der Waals surface area contributed by atoms with E-state index in [4.69, 9.17) is 0 Å². The largest absolute Gasteiger partial charge is 0.367 e. The first-order chi connectivity index (χ1) is 19.6. The van der Waals surface area contributed by atoms with Crippen LogP contribution in [0.15, 0.2) is 71.7 Å². The number of carbonyl (C=O) groups is 2. The monoisotopic (exact) mass is 552 g/mol. The van der Waals surface area contributed by atoms with Gasteiger partial charge in [-0.15, -0.1) is 0 Å². The standard InChI is InChI=1S/C32H36N6O3/c1-32(2,3)27-19-26(29(37(27)5)30(40)33-4)36-31(41)35-25-11-10-22(23-8-6-7-9-24(23)25)20-13-16-38(17-14-20)21-12-15-34-28(39)18-21/h6-13,15,18-19H,14,16-17H2,1-5H3,(H,33,40)(H,34,39)(H2,35,36,41). The zero-order valence-electron chi connectivity index (χ0n) is 24.1. The quantitative estimate of drug-likeness (QED) is 0.263. The molecule has 1 aliphatic heterocycles. The SMILES string of the molecule is CNC(=O)c1c(NC(=O)Nc2ccc(C3=CCN(c4cc[nH]c(=O)c4)CC3)c3ccccc23)cc(C(C)(C)C)n1C. The first-order valence-electron chi connectivity index (χ1n) is 13.7. The maximum Gasteiger partial charge on any atom is 0.323 e. The number of amides is 3. The minimum absolute atomic E-state index is 0.109. The van der Waals surface area contributed by atoms with Crippen LogP contribution >= 0.6 is 0 Å². The van der Waals surface area contributed by atoms with Crippen molar-refractivity contribution in [2.45, 2.75) is 32.6 Å². The summed E-state index contributed by atoms with van der Waals surface area (Å²) < 4.78 is 1.83. The van der Waals surface area contributed by atoms with Crippen molar-refractivity contribution in [1.82, 2.24) is 14.9 Å². The van der Waals surface area contributed by atoms with Gasteiger partial charge in [0.1, 0.15) is 5.69 Å². The highest BCUT2D eigenvalue weighted by molar-refractivity contribution is 6.10. The number of benzene rings is 2. The first-order valence-corrected chi connectivity index (χ1v) is 13.7. The lowest BCUT2D eigenvalue weighted by atomic mass is 9.92. The van der Waals surface area contributed by atoms with Gasteiger partial charge in [0.15, 0.2) is 0 Å². The van der Waals surface area contributed by atoms with Crippen LogP contribution < -0.4 is 26.4 Å². The van der Waals surface area contributed by atoms with Crippen molar-refractivity contribution in [2.75, 3.05) is 35.7 Å². The molecule has 0 bridgehead atoms. The highest BCUT2D eigenvalue weighted by atomic mass is 16.2. The molecule has 212 valence electrons. The summed E-state index contributed by atoms with van der Waals surface area (Å²) in [5.41, 5.74) is 5.39. The zero-order valence-corrected chi connectivity index (χ0v) is 24.1. The summed E-state index contributed by atoms with van der Waals surface area (Å²) in [5, 5.41) is 10.5. The van der Waals surface area contributed by atoms with E-state index in [1.165, 1.54) is 5.57 Å². The van der Waals surface area contributed by atoms with Crippen molar-refractivity contribution in [3.63, 3.8) is 0 Å². The average molecular weight is 553 g/mol. The van der Waals surface area contributed by atoms with Crippen LogP contribution in [0.25, 0.3) is 16.3 Å². The number of H-pyrrole nitrogens is 1. The Morgan fingerprint density at radius 1 is 0.951 bits per heavy atom. The molecule has 1 aliphatic rings. The fourth-order valence-corrected chi connectivity index (χ4v) is 5.55. The average Bonchev–Trinajstić information content (AvgIpc) is 3.28. The summed E-state index contributed by atoms with van der Waals surface area (Å²) in [6, 6.07) is 16.9. The van der Waals surface area contributed by atoms with Gasteiger partial charge < -0.3 is 30.4 Å². The molecular weight excluding hydrogens is 516 g/mol. The molecule has 3 amide bonds. The molecular formula is C32H36N6O3. The Hall–Kier alpha value is -4.79. The third kappa shape index (κ3) is 5.61. The van der Waals surface area contributed by atoms with E-state index in [0.717, 1.165) is 40.7 Å². The van der Waals surface area contributed by atoms with Gasteiger partial charge in [0.25, 0.3) is 5.91 Å². The lowest BCUT2D eigenvalue weighted by molar-refractivity contribution is 0.0955. The second kappa shape index (κ2) is 11.0. The minimum Gasteiger partial charge on any atom is -0.367 e. The van der Waals surface area contributed by atoms with Crippen LogP contribution in [0.3, 0.4) is 0 Å². The number of anilines is 3. The molecule has 2 aromatic heterocycles. The normalized spacial score (nSPS) is 13.6. The van der Waals surface area contributed by atoms with Gasteiger partial charge in [-0.2, -0.15) is 0 Å². The Balaban J connectivity index is 1.40. The van der Waals surface area contributed by atoms with Crippen LogP contribution in [0.4, 0.5) is 21.9 Å². The Labute approximate surface area is 239 Å². The van der Waals surface area contributed by atoms with Crippen LogP contribution in [0.1, 0.15) is 48.9 Å². The smallest absolute Gasteiger partial charge is 0.323 e. The lowest BCUT2D eigenvalue weighted by Gasteiger charge is -2.29. The van der Waals surface area contributed by atoms with E-state index in [9.17, 15) is 14.4 Å². The molecule has 5 rings (SSSR count). The van der Waals surface area contributed by atoms with Gasteiger partial charge in [-0.3, -0.25) is 9.59 Å². The number of nitrogens with one attached hydrogen (secondary N) is 4. The zero-order chi connectivity index (χ0) is 29.3. The third-order valence-corrected chi connectivity index (χ3v) is 7.54. The van der Waals surface area contributed by atoms with E-state index in [1.54, 1.807) is 19.3 Å². The maximum absolute atomic E-state index is 13.2. The van der Waals surface area contributed by atoms with Crippen molar-refractivity contribution < 1.29 is 9.59 Å². The fraction of sp³-hybridized carbons (Fsp3) is 0.281.